The summed E-state index contributed by atoms with van der Waals surface area (Å²) in [6.45, 7) is 0.919. The Balaban J connectivity index is 1.86. The van der Waals surface area contributed by atoms with E-state index in [1.807, 2.05) is 29.2 Å². The minimum Gasteiger partial charge on any atom is -0.335 e. The maximum Gasteiger partial charge on any atom is 0.256 e. The zero-order chi connectivity index (χ0) is 11.8. The monoisotopic (exact) mass is 231 g/mol. The van der Waals surface area contributed by atoms with Crippen LogP contribution in [0.4, 0.5) is 5.69 Å². The molecule has 1 saturated heterocycles. The number of nitrogens with zero attached hydrogens (tertiary/aromatic N) is 1. The first kappa shape index (κ1) is 10.6. The first-order valence-electron chi connectivity index (χ1n) is 6.16. The molecule has 3 N–H and O–H groups in total. The SMILES string of the molecule is NNc1ccccc1C(=O)N1CC2CCC1C2. The minimum atomic E-state index is 0.116. The summed E-state index contributed by atoms with van der Waals surface area (Å²) in [5, 5.41) is 0. The van der Waals surface area contributed by atoms with Gasteiger partial charge in [-0.2, -0.15) is 0 Å². The van der Waals surface area contributed by atoms with Crippen LogP contribution < -0.4 is 11.3 Å². The third-order valence-electron chi connectivity index (χ3n) is 3.98. The number of carbonyl (C=O) groups excluding carboxylic acids is 1. The number of carbonyl (C=O) groups is 1. The normalized spacial score (nSPS) is 26.3. The van der Waals surface area contributed by atoms with Crippen LogP contribution in [0.15, 0.2) is 24.3 Å². The quantitative estimate of drug-likeness (QED) is 0.600. The third kappa shape index (κ3) is 1.69. The summed E-state index contributed by atoms with van der Waals surface area (Å²) in [5.74, 6) is 6.28. The number of nitrogens with one attached hydrogen (secondary N) is 1. The van der Waals surface area contributed by atoms with E-state index in [-0.39, 0.29) is 5.91 Å². The zero-order valence-corrected chi connectivity index (χ0v) is 9.73. The van der Waals surface area contributed by atoms with Crippen molar-refractivity contribution in [1.29, 1.82) is 0 Å². The molecule has 4 nitrogen and oxygen atoms in total. The molecule has 1 aromatic carbocycles. The van der Waals surface area contributed by atoms with Gasteiger partial charge in [0, 0.05) is 12.6 Å². The Hall–Kier alpha value is -1.55. The number of amides is 1. The van der Waals surface area contributed by atoms with Gasteiger partial charge in [0.25, 0.3) is 5.91 Å². The summed E-state index contributed by atoms with van der Waals surface area (Å²) in [4.78, 5) is 14.5. The number of hydrogen-bond acceptors (Lipinski definition) is 3. The van der Waals surface area contributed by atoms with Crippen molar-refractivity contribution in [3.63, 3.8) is 0 Å². The molecule has 1 amide bonds. The minimum absolute atomic E-state index is 0.116. The molecule has 0 aromatic heterocycles. The molecule has 1 saturated carbocycles. The summed E-state index contributed by atoms with van der Waals surface area (Å²) in [7, 11) is 0. The lowest BCUT2D eigenvalue weighted by molar-refractivity contribution is 0.0704. The fourth-order valence-electron chi connectivity index (χ4n) is 3.12. The molecule has 2 atom stereocenters. The first-order chi connectivity index (χ1) is 8.29. The number of likely N-dealkylation sites (tertiary alicyclic amines) is 1. The number of anilines is 1. The fraction of sp³-hybridized carbons (Fsp3) is 0.462. The van der Waals surface area contributed by atoms with Crippen molar-refractivity contribution in [2.45, 2.75) is 25.3 Å². The number of fused-ring (bicyclic) bond motifs is 2. The van der Waals surface area contributed by atoms with Crippen LogP contribution in [0.3, 0.4) is 0 Å². The van der Waals surface area contributed by atoms with E-state index in [2.05, 4.69) is 5.43 Å². The maximum absolute atomic E-state index is 12.4. The van der Waals surface area contributed by atoms with Crippen LogP contribution in [0.1, 0.15) is 29.6 Å². The van der Waals surface area contributed by atoms with Gasteiger partial charge in [-0.25, -0.2) is 0 Å². The van der Waals surface area contributed by atoms with Gasteiger partial charge in [-0.15, -0.1) is 0 Å². The van der Waals surface area contributed by atoms with Gasteiger partial charge in [-0.05, 0) is 37.3 Å². The second-order valence-electron chi connectivity index (χ2n) is 4.98. The Kier molecular flexibility index (Phi) is 2.52. The summed E-state index contributed by atoms with van der Waals surface area (Å²) < 4.78 is 0. The highest BCUT2D eigenvalue weighted by Gasteiger charge is 2.40. The molecule has 4 heteroatoms. The molecular formula is C13H17N3O. The van der Waals surface area contributed by atoms with Crippen LogP contribution in [0.25, 0.3) is 0 Å². The van der Waals surface area contributed by atoms with E-state index >= 15 is 0 Å². The lowest BCUT2D eigenvalue weighted by atomic mass is 10.1. The Bertz CT molecular complexity index is 446. The number of nitrogen functional groups attached to an aromatic ring is 1. The summed E-state index contributed by atoms with van der Waals surface area (Å²) in [5.41, 5.74) is 3.99. The molecule has 1 aliphatic carbocycles. The lowest BCUT2D eigenvalue weighted by Crippen LogP contribution is -2.38. The molecule has 90 valence electrons. The zero-order valence-electron chi connectivity index (χ0n) is 9.73. The number of hydrazine groups is 1. The molecule has 1 aromatic rings. The van der Waals surface area contributed by atoms with Gasteiger partial charge in [0.2, 0.25) is 0 Å². The highest BCUT2D eigenvalue weighted by molar-refractivity contribution is 5.99. The topological polar surface area (TPSA) is 58.4 Å². The van der Waals surface area contributed by atoms with Crippen molar-refractivity contribution >= 4 is 11.6 Å². The smallest absolute Gasteiger partial charge is 0.256 e. The van der Waals surface area contributed by atoms with Gasteiger partial charge in [0.15, 0.2) is 0 Å². The van der Waals surface area contributed by atoms with Crippen LogP contribution in [0.5, 0.6) is 0 Å². The largest absolute Gasteiger partial charge is 0.335 e. The average Bonchev–Trinajstić information content (AvgIpc) is 3.00. The number of piperidine rings is 1. The number of nitrogens with two attached hydrogens (primary N) is 1. The summed E-state index contributed by atoms with van der Waals surface area (Å²) in [6.07, 6.45) is 3.63. The molecule has 1 aliphatic heterocycles. The predicted octanol–water partition coefficient (Wildman–Crippen LogP) is 1.60. The predicted molar refractivity (Wildman–Crippen MR) is 66.4 cm³/mol. The Morgan fingerprint density at radius 3 is 2.82 bits per heavy atom. The van der Waals surface area contributed by atoms with Crippen molar-refractivity contribution in [2.75, 3.05) is 12.0 Å². The maximum atomic E-state index is 12.4. The standard InChI is InChI=1S/C13H17N3O/c14-15-12-4-2-1-3-11(12)13(17)16-8-9-5-6-10(16)7-9/h1-4,9-10,15H,5-8,14H2. The number of benzene rings is 1. The summed E-state index contributed by atoms with van der Waals surface area (Å²) in [6, 6.07) is 7.88. The van der Waals surface area contributed by atoms with Crippen molar-refractivity contribution in [3.8, 4) is 0 Å². The van der Waals surface area contributed by atoms with Gasteiger partial charge in [0.1, 0.15) is 0 Å². The van der Waals surface area contributed by atoms with Crippen LogP contribution in [-0.4, -0.2) is 23.4 Å². The molecule has 17 heavy (non-hydrogen) atoms. The van der Waals surface area contributed by atoms with Crippen LogP contribution >= 0.6 is 0 Å². The average molecular weight is 231 g/mol. The first-order valence-corrected chi connectivity index (χ1v) is 6.16. The second kappa shape index (κ2) is 4.04. The molecule has 1 heterocycles. The highest BCUT2D eigenvalue weighted by atomic mass is 16.2. The van der Waals surface area contributed by atoms with Crippen LogP contribution in [0.2, 0.25) is 0 Å². The molecule has 3 rings (SSSR count). The molecule has 0 radical (unpaired) electrons. The van der Waals surface area contributed by atoms with E-state index in [0.29, 0.717) is 17.3 Å². The van der Waals surface area contributed by atoms with E-state index in [4.69, 9.17) is 5.84 Å². The Labute approximate surface area is 101 Å². The number of hydrogen-bond donors (Lipinski definition) is 2. The second-order valence-corrected chi connectivity index (χ2v) is 4.98. The summed E-state index contributed by atoms with van der Waals surface area (Å²) >= 11 is 0. The van der Waals surface area contributed by atoms with E-state index in [1.54, 1.807) is 0 Å². The highest BCUT2D eigenvalue weighted by Crippen LogP contribution is 2.38. The van der Waals surface area contributed by atoms with Gasteiger partial charge in [-0.1, -0.05) is 12.1 Å². The molecule has 2 bridgehead atoms. The van der Waals surface area contributed by atoms with Crippen LogP contribution in [-0.2, 0) is 0 Å². The fourth-order valence-corrected chi connectivity index (χ4v) is 3.12. The van der Waals surface area contributed by atoms with Gasteiger partial charge in [0.05, 0.1) is 11.3 Å². The molecule has 2 aliphatic rings. The van der Waals surface area contributed by atoms with Gasteiger partial charge in [-0.3, -0.25) is 10.6 Å². The Morgan fingerprint density at radius 2 is 2.18 bits per heavy atom. The van der Waals surface area contributed by atoms with E-state index in [0.717, 1.165) is 18.9 Å². The van der Waals surface area contributed by atoms with Crippen LogP contribution in [0, 0.1) is 5.92 Å². The van der Waals surface area contributed by atoms with Gasteiger partial charge >= 0.3 is 0 Å². The van der Waals surface area contributed by atoms with Crippen molar-refractivity contribution in [2.24, 2.45) is 11.8 Å². The van der Waals surface area contributed by atoms with E-state index < -0.39 is 0 Å². The van der Waals surface area contributed by atoms with E-state index in [1.165, 1.54) is 12.8 Å². The number of para-hydroxylation sites is 1. The lowest BCUT2D eigenvalue weighted by Gasteiger charge is -2.27. The number of rotatable bonds is 2. The van der Waals surface area contributed by atoms with Crippen molar-refractivity contribution in [3.05, 3.63) is 29.8 Å². The molecular weight excluding hydrogens is 214 g/mol. The third-order valence-corrected chi connectivity index (χ3v) is 3.98. The molecule has 0 spiro atoms. The van der Waals surface area contributed by atoms with Gasteiger partial charge < -0.3 is 10.3 Å². The Morgan fingerprint density at radius 1 is 1.35 bits per heavy atom. The molecule has 2 fully saturated rings. The van der Waals surface area contributed by atoms with Crippen molar-refractivity contribution in [1.82, 2.24) is 4.90 Å². The van der Waals surface area contributed by atoms with E-state index in [9.17, 15) is 4.79 Å². The molecule has 2 unspecified atom stereocenters. The van der Waals surface area contributed by atoms with Crippen molar-refractivity contribution < 1.29 is 4.79 Å².